The third kappa shape index (κ3) is 3.43. The van der Waals surface area contributed by atoms with Crippen molar-refractivity contribution in [1.82, 2.24) is 5.32 Å². The van der Waals surface area contributed by atoms with Crippen LogP contribution in [0.15, 0.2) is 18.2 Å². The van der Waals surface area contributed by atoms with Gasteiger partial charge in [0.25, 0.3) is 0 Å². The minimum absolute atomic E-state index is 0.266. The minimum atomic E-state index is -0.266. The van der Waals surface area contributed by atoms with E-state index in [0.29, 0.717) is 18.4 Å². The summed E-state index contributed by atoms with van der Waals surface area (Å²) in [5, 5.41) is 3.47. The van der Waals surface area contributed by atoms with Crippen LogP contribution in [0.5, 0.6) is 5.75 Å². The smallest absolute Gasteiger partial charge is 0.165 e. The summed E-state index contributed by atoms with van der Waals surface area (Å²) in [7, 11) is 0. The highest BCUT2D eigenvalue weighted by Crippen LogP contribution is 2.20. The molecule has 1 N–H and O–H groups in total. The van der Waals surface area contributed by atoms with Crippen molar-refractivity contribution in [1.29, 1.82) is 0 Å². The molecule has 0 saturated heterocycles. The molecule has 0 aromatic heterocycles. The van der Waals surface area contributed by atoms with E-state index in [4.69, 9.17) is 4.74 Å². The lowest BCUT2D eigenvalue weighted by Gasteiger charge is -2.12. The predicted molar refractivity (Wildman–Crippen MR) is 66.7 cm³/mol. The van der Waals surface area contributed by atoms with Crippen molar-refractivity contribution in [2.75, 3.05) is 6.61 Å². The number of nitrogens with one attached hydrogen (secondary N) is 1. The predicted octanol–water partition coefficient (Wildman–Crippen LogP) is 3.26. The van der Waals surface area contributed by atoms with Crippen LogP contribution in [0.4, 0.5) is 4.39 Å². The Balaban J connectivity index is 1.90. The van der Waals surface area contributed by atoms with Gasteiger partial charge in [-0.2, -0.15) is 0 Å². The van der Waals surface area contributed by atoms with Crippen LogP contribution in [-0.2, 0) is 6.54 Å². The molecule has 0 heterocycles. The van der Waals surface area contributed by atoms with E-state index in [1.807, 2.05) is 13.0 Å². The first-order valence-electron chi connectivity index (χ1n) is 6.44. The molecule has 0 atom stereocenters. The van der Waals surface area contributed by atoms with Crippen molar-refractivity contribution in [2.45, 2.75) is 45.2 Å². The van der Waals surface area contributed by atoms with E-state index in [1.54, 1.807) is 12.1 Å². The molecule has 0 radical (unpaired) electrons. The summed E-state index contributed by atoms with van der Waals surface area (Å²) in [6, 6.07) is 5.82. The summed E-state index contributed by atoms with van der Waals surface area (Å²) in [6.07, 6.45) is 5.13. The molecule has 1 fully saturated rings. The molecule has 2 nitrogen and oxygen atoms in total. The van der Waals surface area contributed by atoms with Gasteiger partial charge in [0.15, 0.2) is 11.6 Å². The molecule has 1 aliphatic rings. The van der Waals surface area contributed by atoms with E-state index in [-0.39, 0.29) is 5.82 Å². The molecular formula is C14H20FNO. The number of hydrogen-bond acceptors (Lipinski definition) is 2. The molecule has 3 heteroatoms. The molecule has 17 heavy (non-hydrogen) atoms. The second kappa shape index (κ2) is 6.01. The molecule has 0 unspecified atom stereocenters. The van der Waals surface area contributed by atoms with Crippen molar-refractivity contribution in [3.8, 4) is 5.75 Å². The number of hydrogen-bond donors (Lipinski definition) is 1. The SMILES string of the molecule is CCOc1ccc(CNC2CCCC2)cc1F. The Labute approximate surface area is 102 Å². The van der Waals surface area contributed by atoms with E-state index < -0.39 is 0 Å². The van der Waals surface area contributed by atoms with Crippen LogP contribution >= 0.6 is 0 Å². The zero-order valence-corrected chi connectivity index (χ0v) is 10.3. The second-order valence-corrected chi connectivity index (χ2v) is 4.56. The van der Waals surface area contributed by atoms with Crippen molar-refractivity contribution < 1.29 is 9.13 Å². The minimum Gasteiger partial charge on any atom is -0.491 e. The van der Waals surface area contributed by atoms with Crippen LogP contribution in [0.1, 0.15) is 38.2 Å². The topological polar surface area (TPSA) is 21.3 Å². The van der Waals surface area contributed by atoms with Crippen LogP contribution in [0.3, 0.4) is 0 Å². The van der Waals surface area contributed by atoms with Gasteiger partial charge < -0.3 is 10.1 Å². The van der Waals surface area contributed by atoms with E-state index >= 15 is 0 Å². The fraction of sp³-hybridized carbons (Fsp3) is 0.571. The number of rotatable bonds is 5. The first kappa shape index (κ1) is 12.4. The summed E-state index contributed by atoms with van der Waals surface area (Å²) >= 11 is 0. The maximum Gasteiger partial charge on any atom is 0.165 e. The Morgan fingerprint density at radius 3 is 2.76 bits per heavy atom. The molecule has 1 aromatic rings. The average molecular weight is 237 g/mol. The second-order valence-electron chi connectivity index (χ2n) is 4.56. The molecule has 1 aromatic carbocycles. The third-order valence-electron chi connectivity index (χ3n) is 3.25. The number of halogens is 1. The van der Waals surface area contributed by atoms with Gasteiger partial charge in [0, 0.05) is 12.6 Å². The van der Waals surface area contributed by atoms with Crippen LogP contribution in [0.2, 0.25) is 0 Å². The molecule has 0 aliphatic heterocycles. The molecular weight excluding hydrogens is 217 g/mol. The van der Waals surface area contributed by atoms with E-state index in [9.17, 15) is 4.39 Å². The van der Waals surface area contributed by atoms with Gasteiger partial charge in [-0.25, -0.2) is 4.39 Å². The van der Waals surface area contributed by atoms with Crippen LogP contribution in [0, 0.1) is 5.82 Å². The standard InChI is InChI=1S/C14H20FNO/c1-2-17-14-8-7-11(9-13(14)15)10-16-12-5-3-4-6-12/h7-9,12,16H,2-6,10H2,1H3. The molecule has 0 amide bonds. The maximum atomic E-state index is 13.6. The van der Waals surface area contributed by atoms with Crippen molar-refractivity contribution in [3.05, 3.63) is 29.6 Å². The van der Waals surface area contributed by atoms with E-state index in [0.717, 1.165) is 12.1 Å². The number of ether oxygens (including phenoxy) is 1. The summed E-state index contributed by atoms with van der Waals surface area (Å²) < 4.78 is 18.8. The first-order chi connectivity index (χ1) is 8.29. The van der Waals surface area contributed by atoms with Gasteiger partial charge in [-0.1, -0.05) is 18.9 Å². The fourth-order valence-electron chi connectivity index (χ4n) is 2.32. The Kier molecular flexibility index (Phi) is 4.37. The Morgan fingerprint density at radius 1 is 1.35 bits per heavy atom. The van der Waals surface area contributed by atoms with Gasteiger partial charge in [-0.15, -0.1) is 0 Å². The summed E-state index contributed by atoms with van der Waals surface area (Å²) in [6.45, 7) is 3.10. The highest BCUT2D eigenvalue weighted by molar-refractivity contribution is 5.29. The summed E-state index contributed by atoms with van der Waals surface area (Å²) in [4.78, 5) is 0. The van der Waals surface area contributed by atoms with Gasteiger partial charge in [-0.05, 0) is 37.5 Å². The van der Waals surface area contributed by atoms with Gasteiger partial charge in [0.2, 0.25) is 0 Å². The number of benzene rings is 1. The zero-order valence-electron chi connectivity index (χ0n) is 10.3. The van der Waals surface area contributed by atoms with Gasteiger partial charge >= 0.3 is 0 Å². The lowest BCUT2D eigenvalue weighted by molar-refractivity contribution is 0.321. The van der Waals surface area contributed by atoms with Crippen molar-refractivity contribution in [2.24, 2.45) is 0 Å². The van der Waals surface area contributed by atoms with Crippen molar-refractivity contribution >= 4 is 0 Å². The molecule has 94 valence electrons. The lowest BCUT2D eigenvalue weighted by Crippen LogP contribution is -2.25. The lowest BCUT2D eigenvalue weighted by atomic mass is 10.2. The molecule has 1 saturated carbocycles. The quantitative estimate of drug-likeness (QED) is 0.848. The van der Waals surface area contributed by atoms with Crippen molar-refractivity contribution in [3.63, 3.8) is 0 Å². The largest absolute Gasteiger partial charge is 0.491 e. The molecule has 2 rings (SSSR count). The normalized spacial score (nSPS) is 16.4. The highest BCUT2D eigenvalue weighted by atomic mass is 19.1. The first-order valence-corrected chi connectivity index (χ1v) is 6.44. The molecule has 0 spiro atoms. The van der Waals surface area contributed by atoms with E-state index in [2.05, 4.69) is 5.32 Å². The monoisotopic (exact) mass is 237 g/mol. The Bertz CT molecular complexity index is 361. The summed E-state index contributed by atoms with van der Waals surface area (Å²) in [5.41, 5.74) is 0.984. The van der Waals surface area contributed by atoms with Gasteiger partial charge in [-0.3, -0.25) is 0 Å². The Hall–Kier alpha value is -1.09. The average Bonchev–Trinajstić information content (AvgIpc) is 2.83. The highest BCUT2D eigenvalue weighted by Gasteiger charge is 2.14. The maximum absolute atomic E-state index is 13.6. The van der Waals surface area contributed by atoms with Crippen LogP contribution in [-0.4, -0.2) is 12.6 Å². The fourth-order valence-corrected chi connectivity index (χ4v) is 2.32. The third-order valence-corrected chi connectivity index (χ3v) is 3.25. The Morgan fingerprint density at radius 2 is 2.12 bits per heavy atom. The van der Waals surface area contributed by atoms with Crippen LogP contribution in [0.25, 0.3) is 0 Å². The van der Waals surface area contributed by atoms with Gasteiger partial charge in [0.1, 0.15) is 0 Å². The summed E-state index contributed by atoms with van der Waals surface area (Å²) in [5.74, 6) is 0.0784. The van der Waals surface area contributed by atoms with E-state index in [1.165, 1.54) is 25.7 Å². The zero-order chi connectivity index (χ0) is 12.1. The molecule has 0 bridgehead atoms. The van der Waals surface area contributed by atoms with Gasteiger partial charge in [0.05, 0.1) is 6.61 Å². The van der Waals surface area contributed by atoms with Crippen LogP contribution < -0.4 is 10.1 Å². The molecule has 1 aliphatic carbocycles.